The number of hydrogen-bond donors (Lipinski definition) is 7. The van der Waals surface area contributed by atoms with E-state index in [4.69, 9.17) is 14.5 Å². The molecule has 27 nitrogen and oxygen atoms in total. The van der Waals surface area contributed by atoms with Gasteiger partial charge < -0.3 is 71.2 Å². The minimum atomic E-state index is -4.53. The zero-order valence-electron chi connectivity index (χ0n) is 79.0. The maximum Gasteiger partial charge on any atom is 0.451 e. The quantitative estimate of drug-likeness (QED) is 0.0374. The Morgan fingerprint density at radius 3 is 1.23 bits per heavy atom. The number of amides is 3. The molecule has 0 atom stereocenters. The Labute approximate surface area is 732 Å². The van der Waals surface area contributed by atoms with Crippen molar-refractivity contribution in [2.45, 2.75) is 305 Å². The third-order valence-corrected chi connectivity index (χ3v) is 22.6. The van der Waals surface area contributed by atoms with Crippen molar-refractivity contribution < 1.29 is 37.0 Å². The summed E-state index contributed by atoms with van der Waals surface area (Å²) >= 11 is 0. The highest BCUT2D eigenvalue weighted by Gasteiger charge is 2.38. The highest BCUT2D eigenvalue weighted by molar-refractivity contribution is 5.80. The Hall–Kier alpha value is -8.90. The van der Waals surface area contributed by atoms with Gasteiger partial charge >= 0.3 is 6.18 Å². The highest BCUT2D eigenvalue weighted by Crippen LogP contribution is 2.35. The molecule has 7 N–H and O–H groups in total. The van der Waals surface area contributed by atoms with Crippen LogP contribution in [0.2, 0.25) is 0 Å². The standard InChI is InChI=1S/C19H29N3O.C17H27N3O.C16H26N4O.C15H26N4O.C14H24N4O.C12H17F3N4/c1-19(2,3)15-7-10-20-17(13-15)21-16-8-11-22(12-9-16)18(23)14-5-4-6-14;1-5-16(21)20-10-7-14(8-11-20)19-15-12-13(6-9-18-15)17(2,3)4;1-10(2)15-18-13(16(4,5)6)7-14(19-15)17-12-8-20(9-12)11(3)21;1-6-7-19(5)14-17-12(15(2,3)4)8-13(18-14)16-11-9-20-10-11;1-6-18(5)13-16-11(14(2,3)4)7-12(17-13)15-10-8-19-9-10;1-11(2,3)8-4-9(17-7-5-16-6-7)19-10(18-8)12(13,14)15/h7,10,13-14,16H,4-6,8-9,11-12H2,1-3H3,(H,20,21);6,9,12,14H,5,7-8,10-11H2,1-4H3,(H,18,19);7,10,12H,8-9H2,1-6H3,(H,17,18,19);8,11H,6-7,9-10H2,1-5H3,(H,16,17,18);7,10H,6,8-9H2,1-5H3,(H,15,16,17);4,7,16H,5-6H2,1-3H3,(H,17,18,19). The molecule has 6 saturated heterocycles. The summed E-state index contributed by atoms with van der Waals surface area (Å²) in [5, 5.41) is 23.4. The molecule has 1 saturated carbocycles. The summed E-state index contributed by atoms with van der Waals surface area (Å²) in [6.07, 6.45) is 8.35. The number of ether oxygens (including phenoxy) is 2. The van der Waals surface area contributed by atoms with E-state index in [1.54, 1.807) is 13.0 Å². The molecule has 123 heavy (non-hydrogen) atoms. The average molecular weight is 1710 g/mol. The van der Waals surface area contributed by atoms with Gasteiger partial charge in [-0.05, 0) is 98.1 Å². The van der Waals surface area contributed by atoms with Crippen LogP contribution in [0.1, 0.15) is 275 Å². The first-order chi connectivity index (χ1) is 57.4. The maximum absolute atomic E-state index is 12.8. The topological polar surface area (TPSA) is 299 Å². The number of rotatable bonds is 20. The van der Waals surface area contributed by atoms with Crippen LogP contribution in [-0.4, -0.2) is 224 Å². The number of hydrogen-bond acceptors (Lipinski definition) is 24. The van der Waals surface area contributed by atoms with Gasteiger partial charge in [-0.3, -0.25) is 14.4 Å². The van der Waals surface area contributed by atoms with Gasteiger partial charge in [0, 0.05) is 175 Å². The van der Waals surface area contributed by atoms with Gasteiger partial charge in [0.2, 0.25) is 35.4 Å². The van der Waals surface area contributed by atoms with E-state index in [2.05, 4.69) is 259 Å². The molecule has 6 aromatic rings. The van der Waals surface area contributed by atoms with Crippen LogP contribution in [0.25, 0.3) is 0 Å². The van der Waals surface area contributed by atoms with Crippen molar-refractivity contribution in [2.75, 3.05) is 148 Å². The Morgan fingerprint density at radius 2 is 0.870 bits per heavy atom. The lowest BCUT2D eigenvalue weighted by Crippen LogP contribution is -2.56. The molecule has 6 aliphatic heterocycles. The van der Waals surface area contributed by atoms with Gasteiger partial charge in [0.15, 0.2) is 0 Å². The number of piperidine rings is 2. The molecule has 13 rings (SSSR count). The lowest BCUT2D eigenvalue weighted by Gasteiger charge is -2.39. The summed E-state index contributed by atoms with van der Waals surface area (Å²) in [6.45, 7) is 61.6. The van der Waals surface area contributed by atoms with E-state index in [9.17, 15) is 27.6 Å². The van der Waals surface area contributed by atoms with Crippen molar-refractivity contribution in [3.05, 3.63) is 106 Å². The van der Waals surface area contributed by atoms with Gasteiger partial charge in [0.05, 0.1) is 73.4 Å². The summed E-state index contributed by atoms with van der Waals surface area (Å²) in [4.78, 5) is 89.2. The summed E-state index contributed by atoms with van der Waals surface area (Å²) in [5.74, 6) is 7.56. The van der Waals surface area contributed by atoms with Crippen LogP contribution in [-0.2, 0) is 62.5 Å². The van der Waals surface area contributed by atoms with E-state index >= 15 is 0 Å². The molecular weight excluding hydrogens is 1560 g/mol. The molecule has 0 bridgehead atoms. The minimum absolute atomic E-state index is 0.00591. The fourth-order valence-corrected chi connectivity index (χ4v) is 13.6. The molecule has 30 heteroatoms. The maximum atomic E-state index is 12.8. The Kier molecular flexibility index (Phi) is 35.1. The third-order valence-electron chi connectivity index (χ3n) is 22.6. The summed E-state index contributed by atoms with van der Waals surface area (Å²) in [6, 6.07) is 18.2. The Bertz CT molecular complexity index is 4300. The van der Waals surface area contributed by atoms with Gasteiger partial charge in [-0.25, -0.2) is 39.9 Å². The fourth-order valence-electron chi connectivity index (χ4n) is 13.6. The van der Waals surface area contributed by atoms with Crippen molar-refractivity contribution >= 4 is 64.5 Å². The molecule has 0 unspecified atom stereocenters. The molecule has 7 fully saturated rings. The average Bonchev–Trinajstić information content (AvgIpc) is 0.810. The molecule has 12 heterocycles. The number of carbonyl (C=O) groups excluding carboxylic acids is 3. The van der Waals surface area contributed by atoms with Gasteiger partial charge in [-0.1, -0.05) is 159 Å². The van der Waals surface area contributed by atoms with E-state index in [-0.39, 0.29) is 56.8 Å². The van der Waals surface area contributed by atoms with Crippen molar-refractivity contribution in [1.82, 2.24) is 69.9 Å². The second-order valence-electron chi connectivity index (χ2n) is 40.3. The molecule has 682 valence electrons. The first-order valence-corrected chi connectivity index (χ1v) is 44.7. The normalized spacial score (nSPS) is 17.1. The van der Waals surface area contributed by atoms with Crippen LogP contribution in [0, 0.1) is 5.92 Å². The third kappa shape index (κ3) is 31.0. The van der Waals surface area contributed by atoms with Gasteiger partial charge in [0.1, 0.15) is 40.7 Å². The number of nitrogens with zero attached hydrogens (tertiary/aromatic N) is 15. The van der Waals surface area contributed by atoms with Crippen LogP contribution in [0.3, 0.4) is 0 Å². The second-order valence-corrected chi connectivity index (χ2v) is 40.3. The molecule has 1 aliphatic carbocycles. The monoisotopic (exact) mass is 1710 g/mol. The van der Waals surface area contributed by atoms with Crippen LogP contribution >= 0.6 is 0 Å². The van der Waals surface area contributed by atoms with Crippen molar-refractivity contribution in [2.24, 2.45) is 5.92 Å². The van der Waals surface area contributed by atoms with E-state index in [1.807, 2.05) is 76.1 Å². The van der Waals surface area contributed by atoms with Gasteiger partial charge in [-0.2, -0.15) is 23.1 Å². The molecule has 7 aliphatic rings. The zero-order valence-corrected chi connectivity index (χ0v) is 79.0. The molecule has 6 aromatic heterocycles. The SMILES string of the molecule is CC(=O)N1CC(Nc2cc(C(C)(C)C)nc(C(C)C)n2)C1.CC(C)(C)c1cc(NC2CNC2)nc(C(F)(F)F)n1.CC(C)(C)c1ccnc(NC2CCN(C(=O)C3CCC3)CC2)c1.CCC(=O)N1CCC(Nc2cc(C(C)(C)C)ccn2)CC1.CCCN(C)c1nc(NC2COC2)cc(C(C)(C)C)n1.CCN(C)c1nc(NC2COC2)cc(C(C)(C)C)n1. The number of pyridine rings is 2. The lowest BCUT2D eigenvalue weighted by atomic mass is 9.84. The first-order valence-electron chi connectivity index (χ1n) is 44.7. The summed E-state index contributed by atoms with van der Waals surface area (Å²) in [7, 11) is 4.06. The van der Waals surface area contributed by atoms with Crippen molar-refractivity contribution in [1.29, 1.82) is 0 Å². The molecule has 0 aromatic carbocycles. The molecular formula is C93H149F3N22O5. The largest absolute Gasteiger partial charge is 0.451 e. The number of nitrogens with one attached hydrogen (secondary N) is 7. The predicted octanol–water partition coefficient (Wildman–Crippen LogP) is 16.0. The number of halogens is 3. The smallest absolute Gasteiger partial charge is 0.377 e. The first kappa shape index (κ1) is 99.5. The predicted molar refractivity (Wildman–Crippen MR) is 491 cm³/mol. The fraction of sp³-hybridized carbons (Fsp3) is 0.688. The van der Waals surface area contributed by atoms with E-state index in [0.717, 1.165) is 201 Å². The van der Waals surface area contributed by atoms with Crippen molar-refractivity contribution in [3.8, 4) is 0 Å². The summed E-state index contributed by atoms with van der Waals surface area (Å²) in [5.41, 5.74) is 5.96. The number of alkyl halides is 3. The molecule has 0 spiro atoms. The van der Waals surface area contributed by atoms with Crippen LogP contribution < -0.4 is 47.0 Å². The zero-order chi connectivity index (χ0) is 90.7. The Morgan fingerprint density at radius 1 is 0.472 bits per heavy atom. The van der Waals surface area contributed by atoms with Crippen LogP contribution in [0.5, 0.6) is 0 Å². The lowest BCUT2D eigenvalue weighted by molar-refractivity contribution is -0.145. The van der Waals surface area contributed by atoms with Crippen LogP contribution in [0.15, 0.2) is 60.9 Å². The molecule has 3 amide bonds. The van der Waals surface area contributed by atoms with Gasteiger partial charge in [0.25, 0.3) is 0 Å². The van der Waals surface area contributed by atoms with E-state index < -0.39 is 17.4 Å². The van der Waals surface area contributed by atoms with Crippen LogP contribution in [0.4, 0.5) is 60.0 Å². The molecule has 0 radical (unpaired) electrons. The highest BCUT2D eigenvalue weighted by atomic mass is 19.4. The second kappa shape index (κ2) is 43.3. The number of likely N-dealkylation sites (tertiary alicyclic amines) is 3. The number of anilines is 8. The Balaban J connectivity index is 0.000000183. The van der Waals surface area contributed by atoms with E-state index in [0.29, 0.717) is 54.0 Å². The number of aromatic nitrogens is 10. The summed E-state index contributed by atoms with van der Waals surface area (Å²) < 4.78 is 48.8. The number of carbonyl (C=O) groups is 3. The van der Waals surface area contributed by atoms with Gasteiger partial charge in [-0.15, -0.1) is 0 Å². The van der Waals surface area contributed by atoms with E-state index in [1.165, 1.54) is 17.5 Å². The van der Waals surface area contributed by atoms with Crippen molar-refractivity contribution in [3.63, 3.8) is 0 Å². The minimum Gasteiger partial charge on any atom is -0.377 e.